The van der Waals surface area contributed by atoms with Crippen LogP contribution in [0.5, 0.6) is 5.88 Å². The molecule has 3 rings (SSSR count). The van der Waals surface area contributed by atoms with E-state index in [2.05, 4.69) is 28.7 Å². The number of ether oxygens (including phenoxy) is 1. The monoisotopic (exact) mass is 302 g/mol. The number of alkyl halides is 3. The third kappa shape index (κ3) is 2.64. The molecule has 2 aliphatic rings. The lowest BCUT2D eigenvalue weighted by molar-refractivity contribution is -0.141. The normalized spacial score (nSPS) is 22.8. The number of hydrogen-bond donors (Lipinski definition) is 0. The zero-order valence-corrected chi connectivity index (χ0v) is 11.9. The highest BCUT2D eigenvalue weighted by molar-refractivity contribution is 5.52. The van der Waals surface area contributed by atoms with Gasteiger partial charge in [-0.25, -0.2) is 9.97 Å². The highest BCUT2D eigenvalue weighted by Gasteiger charge is 2.38. The average molecular weight is 302 g/mol. The van der Waals surface area contributed by atoms with E-state index in [0.29, 0.717) is 18.5 Å². The minimum atomic E-state index is -4.50. The van der Waals surface area contributed by atoms with Crippen molar-refractivity contribution in [2.24, 2.45) is 0 Å². The molecule has 0 amide bonds. The van der Waals surface area contributed by atoms with Crippen LogP contribution in [0.1, 0.15) is 19.5 Å². The third-order valence-electron chi connectivity index (χ3n) is 3.94. The fourth-order valence-electron chi connectivity index (χ4n) is 2.74. The van der Waals surface area contributed by atoms with Crippen LogP contribution < -0.4 is 9.64 Å². The lowest BCUT2D eigenvalue weighted by Gasteiger charge is -2.45. The van der Waals surface area contributed by atoms with Gasteiger partial charge in [0.25, 0.3) is 5.88 Å². The smallest absolute Gasteiger partial charge is 0.435 e. The van der Waals surface area contributed by atoms with Crippen LogP contribution >= 0.6 is 0 Å². The van der Waals surface area contributed by atoms with Gasteiger partial charge in [-0.05, 0) is 13.8 Å². The molecule has 8 heteroatoms. The van der Waals surface area contributed by atoms with Crippen molar-refractivity contribution in [3.8, 4) is 5.88 Å². The second kappa shape index (κ2) is 5.01. The first-order chi connectivity index (χ1) is 9.86. The van der Waals surface area contributed by atoms with E-state index in [9.17, 15) is 13.2 Å². The average Bonchev–Trinajstić information content (AvgIpc) is 2.44. The van der Waals surface area contributed by atoms with Crippen molar-refractivity contribution < 1.29 is 17.9 Å². The molecular weight excluding hydrogens is 285 g/mol. The molecule has 116 valence electrons. The van der Waals surface area contributed by atoms with Crippen molar-refractivity contribution in [2.45, 2.75) is 32.1 Å². The van der Waals surface area contributed by atoms with Crippen molar-refractivity contribution in [3.63, 3.8) is 0 Å². The first-order valence-electron chi connectivity index (χ1n) is 6.94. The fraction of sp³-hybridized carbons (Fsp3) is 0.692. The van der Waals surface area contributed by atoms with Crippen LogP contribution in [0, 0.1) is 0 Å². The van der Waals surface area contributed by atoms with Crippen LogP contribution in [0.2, 0.25) is 0 Å². The molecule has 0 aromatic carbocycles. The summed E-state index contributed by atoms with van der Waals surface area (Å²) in [6.45, 7) is 6.99. The maximum absolute atomic E-state index is 12.7. The minimum absolute atomic E-state index is 0.0147. The third-order valence-corrected chi connectivity index (χ3v) is 3.94. The Morgan fingerprint density at radius 2 is 2.10 bits per heavy atom. The molecule has 1 saturated heterocycles. The molecule has 0 spiro atoms. The molecule has 0 unspecified atom stereocenters. The standard InChI is InChI=1S/C13H17F3N4O/c1-8(2)19-3-4-20-9(6-19)7-21-12-11(20)17-5-10(18-12)13(14,15)16/h5,8-9H,3-4,6-7H2,1-2H3/t9-/m1/s1. The van der Waals surface area contributed by atoms with E-state index < -0.39 is 11.9 Å². The Hall–Kier alpha value is -1.57. The van der Waals surface area contributed by atoms with Gasteiger partial charge in [0, 0.05) is 25.7 Å². The molecule has 1 aromatic rings. The molecule has 0 aliphatic carbocycles. The fourth-order valence-corrected chi connectivity index (χ4v) is 2.74. The number of anilines is 1. The molecule has 0 saturated carbocycles. The van der Waals surface area contributed by atoms with Gasteiger partial charge in [0.15, 0.2) is 11.5 Å². The Balaban J connectivity index is 1.85. The maximum Gasteiger partial charge on any atom is 0.435 e. The topological polar surface area (TPSA) is 41.5 Å². The molecule has 2 aliphatic heterocycles. The first kappa shape index (κ1) is 14.4. The summed E-state index contributed by atoms with van der Waals surface area (Å²) in [6.07, 6.45) is -3.72. The van der Waals surface area contributed by atoms with E-state index in [1.807, 2.05) is 4.90 Å². The summed E-state index contributed by atoms with van der Waals surface area (Å²) in [4.78, 5) is 11.8. The van der Waals surface area contributed by atoms with Gasteiger partial charge in [-0.1, -0.05) is 0 Å². The molecule has 0 bridgehead atoms. The van der Waals surface area contributed by atoms with Gasteiger partial charge in [-0.2, -0.15) is 13.2 Å². The van der Waals surface area contributed by atoms with Crippen LogP contribution in [0.3, 0.4) is 0 Å². The van der Waals surface area contributed by atoms with Crippen molar-refractivity contribution in [1.82, 2.24) is 14.9 Å². The highest BCUT2D eigenvalue weighted by Crippen LogP contribution is 2.35. The molecule has 0 radical (unpaired) electrons. The zero-order chi connectivity index (χ0) is 15.2. The lowest BCUT2D eigenvalue weighted by Crippen LogP contribution is -2.58. The summed E-state index contributed by atoms with van der Waals surface area (Å²) in [5, 5.41) is 0. The number of fused-ring (bicyclic) bond motifs is 3. The van der Waals surface area contributed by atoms with E-state index in [1.54, 1.807) is 0 Å². The SMILES string of the molecule is CC(C)N1CCN2c3ncc(C(F)(F)F)nc3OC[C@H]2C1. The maximum atomic E-state index is 12.7. The molecular formula is C13H17F3N4O. The van der Waals surface area contributed by atoms with Gasteiger partial charge in [-0.15, -0.1) is 0 Å². The predicted octanol–water partition coefficient (Wildman–Crippen LogP) is 1.79. The highest BCUT2D eigenvalue weighted by atomic mass is 19.4. The lowest BCUT2D eigenvalue weighted by atomic mass is 10.1. The van der Waals surface area contributed by atoms with Crippen LogP contribution in [-0.4, -0.2) is 53.2 Å². The summed E-state index contributed by atoms with van der Waals surface area (Å²) in [5.74, 6) is 0.404. The molecule has 0 N–H and O–H groups in total. The Labute approximate surface area is 120 Å². The van der Waals surface area contributed by atoms with Gasteiger partial charge in [-0.3, -0.25) is 4.90 Å². The minimum Gasteiger partial charge on any atom is -0.473 e. The number of piperazine rings is 1. The van der Waals surface area contributed by atoms with Gasteiger partial charge in [0.2, 0.25) is 0 Å². The number of aromatic nitrogens is 2. The second-order valence-electron chi connectivity index (χ2n) is 5.63. The molecule has 21 heavy (non-hydrogen) atoms. The number of rotatable bonds is 1. The first-order valence-corrected chi connectivity index (χ1v) is 6.94. The summed E-state index contributed by atoms with van der Waals surface area (Å²) in [6, 6.07) is 0.548. The summed E-state index contributed by atoms with van der Waals surface area (Å²) >= 11 is 0. The quantitative estimate of drug-likeness (QED) is 0.791. The van der Waals surface area contributed by atoms with Crippen molar-refractivity contribution in [3.05, 3.63) is 11.9 Å². The molecule has 1 atom stereocenters. The van der Waals surface area contributed by atoms with E-state index >= 15 is 0 Å². The van der Waals surface area contributed by atoms with E-state index in [-0.39, 0.29) is 11.9 Å². The Kier molecular flexibility index (Phi) is 3.43. The Bertz CT molecular complexity index is 535. The van der Waals surface area contributed by atoms with Crippen LogP contribution in [0.15, 0.2) is 6.20 Å². The number of hydrogen-bond acceptors (Lipinski definition) is 5. The predicted molar refractivity (Wildman–Crippen MR) is 70.4 cm³/mol. The number of nitrogens with zero attached hydrogens (tertiary/aromatic N) is 4. The van der Waals surface area contributed by atoms with Crippen LogP contribution in [0.25, 0.3) is 0 Å². The van der Waals surface area contributed by atoms with Crippen molar-refractivity contribution >= 4 is 5.82 Å². The molecule has 3 heterocycles. The molecule has 1 aromatic heterocycles. The summed E-state index contributed by atoms with van der Waals surface area (Å²) in [5.41, 5.74) is -1.01. The van der Waals surface area contributed by atoms with E-state index in [4.69, 9.17) is 4.74 Å². The van der Waals surface area contributed by atoms with Gasteiger partial charge in [0.1, 0.15) is 6.61 Å². The van der Waals surface area contributed by atoms with E-state index in [0.717, 1.165) is 25.8 Å². The largest absolute Gasteiger partial charge is 0.473 e. The Morgan fingerprint density at radius 1 is 1.33 bits per heavy atom. The van der Waals surface area contributed by atoms with Crippen LogP contribution in [0.4, 0.5) is 19.0 Å². The summed E-state index contributed by atoms with van der Waals surface area (Å²) < 4.78 is 43.4. The zero-order valence-electron chi connectivity index (χ0n) is 11.9. The van der Waals surface area contributed by atoms with Crippen molar-refractivity contribution in [1.29, 1.82) is 0 Å². The Morgan fingerprint density at radius 3 is 2.76 bits per heavy atom. The molecule has 5 nitrogen and oxygen atoms in total. The van der Waals surface area contributed by atoms with Crippen molar-refractivity contribution in [2.75, 3.05) is 31.1 Å². The van der Waals surface area contributed by atoms with Gasteiger partial charge < -0.3 is 9.64 Å². The number of halogens is 3. The molecule has 1 fully saturated rings. The summed E-state index contributed by atoms with van der Waals surface area (Å²) in [7, 11) is 0. The van der Waals surface area contributed by atoms with Gasteiger partial charge in [0.05, 0.1) is 12.2 Å². The van der Waals surface area contributed by atoms with E-state index in [1.165, 1.54) is 0 Å². The van der Waals surface area contributed by atoms with Gasteiger partial charge >= 0.3 is 6.18 Å². The van der Waals surface area contributed by atoms with Crippen LogP contribution in [-0.2, 0) is 6.18 Å². The second-order valence-corrected chi connectivity index (χ2v) is 5.63.